The second kappa shape index (κ2) is 5.51. The molecule has 0 fully saturated rings. The zero-order valence-electron chi connectivity index (χ0n) is 8.90. The summed E-state index contributed by atoms with van der Waals surface area (Å²) in [6.45, 7) is 1.88. The molecular formula is C11H13ClN2O2. The first-order valence-corrected chi connectivity index (χ1v) is 5.26. The Labute approximate surface area is 98.8 Å². The van der Waals surface area contributed by atoms with Gasteiger partial charge in [0.2, 0.25) is 0 Å². The van der Waals surface area contributed by atoms with Gasteiger partial charge in [-0.2, -0.15) is 0 Å². The molecule has 16 heavy (non-hydrogen) atoms. The van der Waals surface area contributed by atoms with Crippen LogP contribution in [0.25, 0.3) is 0 Å². The minimum absolute atomic E-state index is 0.0242. The number of rotatable bonds is 4. The van der Waals surface area contributed by atoms with Gasteiger partial charge in [0.25, 0.3) is 0 Å². The molecule has 1 rings (SSSR count). The van der Waals surface area contributed by atoms with Gasteiger partial charge in [-0.05, 0) is 24.1 Å². The summed E-state index contributed by atoms with van der Waals surface area (Å²) < 4.78 is 0. The Morgan fingerprint density at radius 2 is 2.25 bits per heavy atom. The summed E-state index contributed by atoms with van der Waals surface area (Å²) >= 11 is 5.53. The molecule has 1 aromatic rings. The van der Waals surface area contributed by atoms with Crippen molar-refractivity contribution in [2.45, 2.75) is 13.3 Å². The first-order valence-electron chi connectivity index (χ1n) is 4.73. The van der Waals surface area contributed by atoms with Crippen molar-refractivity contribution in [3.63, 3.8) is 0 Å². The van der Waals surface area contributed by atoms with Crippen LogP contribution in [0.15, 0.2) is 23.2 Å². The summed E-state index contributed by atoms with van der Waals surface area (Å²) in [5, 5.41) is 8.67. The molecule has 0 heterocycles. The second-order valence-corrected chi connectivity index (χ2v) is 3.70. The van der Waals surface area contributed by atoms with Gasteiger partial charge in [-0.3, -0.25) is 4.79 Å². The van der Waals surface area contributed by atoms with Crippen LogP contribution in [0.1, 0.15) is 11.1 Å². The molecule has 0 aliphatic rings. The molecule has 0 saturated carbocycles. The number of carboxylic acids is 1. The first kappa shape index (κ1) is 12.5. The largest absolute Gasteiger partial charge is 0.481 e. The van der Waals surface area contributed by atoms with Gasteiger partial charge in [-0.15, -0.1) is 11.6 Å². The fourth-order valence-electron chi connectivity index (χ4n) is 1.24. The van der Waals surface area contributed by atoms with E-state index in [1.54, 1.807) is 12.1 Å². The Hall–Kier alpha value is -1.55. The van der Waals surface area contributed by atoms with Gasteiger partial charge in [0, 0.05) is 0 Å². The molecule has 0 amide bonds. The van der Waals surface area contributed by atoms with Gasteiger partial charge in [-0.25, -0.2) is 4.99 Å². The van der Waals surface area contributed by atoms with E-state index in [9.17, 15) is 4.79 Å². The lowest BCUT2D eigenvalue weighted by Crippen LogP contribution is -2.12. The highest BCUT2D eigenvalue weighted by molar-refractivity contribution is 6.28. The van der Waals surface area contributed by atoms with Crippen molar-refractivity contribution in [1.29, 1.82) is 0 Å². The van der Waals surface area contributed by atoms with Gasteiger partial charge < -0.3 is 10.8 Å². The second-order valence-electron chi connectivity index (χ2n) is 3.43. The van der Waals surface area contributed by atoms with Crippen LogP contribution in [0.5, 0.6) is 0 Å². The molecule has 0 bridgehead atoms. The molecule has 0 atom stereocenters. The third-order valence-electron chi connectivity index (χ3n) is 2.03. The lowest BCUT2D eigenvalue weighted by atomic mass is 10.1. The third-order valence-corrected chi connectivity index (χ3v) is 2.30. The van der Waals surface area contributed by atoms with Crippen LogP contribution < -0.4 is 5.73 Å². The number of nitrogens with two attached hydrogens (primary N) is 1. The minimum atomic E-state index is -0.871. The Bertz CT molecular complexity index is 430. The van der Waals surface area contributed by atoms with E-state index >= 15 is 0 Å². The van der Waals surface area contributed by atoms with Gasteiger partial charge in [0.15, 0.2) is 0 Å². The number of carbonyl (C=O) groups is 1. The van der Waals surface area contributed by atoms with Crippen LogP contribution in [0.3, 0.4) is 0 Å². The van der Waals surface area contributed by atoms with Crippen molar-refractivity contribution in [1.82, 2.24) is 0 Å². The number of aryl methyl sites for hydroxylation is 1. The highest BCUT2D eigenvalue weighted by atomic mass is 35.5. The van der Waals surface area contributed by atoms with Crippen molar-refractivity contribution in [3.05, 3.63) is 29.3 Å². The molecule has 4 nitrogen and oxygen atoms in total. The zero-order valence-corrected chi connectivity index (χ0v) is 9.66. The quantitative estimate of drug-likeness (QED) is 0.479. The molecule has 0 unspecified atom stereocenters. The predicted octanol–water partition coefficient (Wildman–Crippen LogP) is 1.85. The lowest BCUT2D eigenvalue weighted by molar-refractivity contribution is -0.136. The number of amidine groups is 1. The molecule has 0 saturated heterocycles. The van der Waals surface area contributed by atoms with Crippen molar-refractivity contribution < 1.29 is 9.90 Å². The maximum atomic E-state index is 10.6. The van der Waals surface area contributed by atoms with Crippen molar-refractivity contribution >= 4 is 29.1 Å². The topological polar surface area (TPSA) is 75.7 Å². The average molecular weight is 241 g/mol. The normalized spacial score (nSPS) is 11.5. The predicted molar refractivity (Wildman–Crippen MR) is 64.5 cm³/mol. The third kappa shape index (κ3) is 3.55. The summed E-state index contributed by atoms with van der Waals surface area (Å²) in [6, 6.07) is 5.29. The van der Waals surface area contributed by atoms with Crippen molar-refractivity contribution in [2.24, 2.45) is 10.7 Å². The number of aliphatic imine (C=N–C) groups is 1. The minimum Gasteiger partial charge on any atom is -0.481 e. The number of nitrogens with zero attached hydrogens (tertiary/aromatic N) is 1. The monoisotopic (exact) mass is 240 g/mol. The average Bonchev–Trinajstić information content (AvgIpc) is 2.22. The number of benzene rings is 1. The molecule has 5 heteroatoms. The van der Waals surface area contributed by atoms with E-state index in [0.717, 1.165) is 5.56 Å². The van der Waals surface area contributed by atoms with Crippen LogP contribution in [0.4, 0.5) is 5.69 Å². The molecule has 1 aromatic carbocycles. The van der Waals surface area contributed by atoms with Gasteiger partial charge >= 0.3 is 5.97 Å². The fourth-order valence-corrected chi connectivity index (χ4v) is 1.30. The molecule has 3 N–H and O–H groups in total. The van der Waals surface area contributed by atoms with Crippen molar-refractivity contribution in [2.75, 3.05) is 5.88 Å². The molecule has 0 aromatic heterocycles. The zero-order chi connectivity index (χ0) is 12.1. The number of carboxylic acid groups (broad SMARTS) is 1. The molecule has 0 radical (unpaired) electrons. The number of halogens is 1. The Kier molecular flexibility index (Phi) is 4.31. The Balaban J connectivity index is 3.03. The maximum absolute atomic E-state index is 10.6. The number of hydrogen-bond acceptors (Lipinski definition) is 2. The SMILES string of the molecule is Cc1ccc(CC(=O)O)cc1N=C(N)CCl. The van der Waals surface area contributed by atoms with E-state index in [1.807, 2.05) is 13.0 Å². The van der Waals surface area contributed by atoms with E-state index in [1.165, 1.54) is 0 Å². The smallest absolute Gasteiger partial charge is 0.307 e. The summed E-state index contributed by atoms with van der Waals surface area (Å²) in [5.41, 5.74) is 7.82. The standard InChI is InChI=1S/C11H13ClN2O2/c1-7-2-3-8(5-11(15)16)4-9(7)14-10(13)6-12/h2-4H,5-6H2,1H3,(H2,13,14)(H,15,16). The highest BCUT2D eigenvalue weighted by Crippen LogP contribution is 2.20. The van der Waals surface area contributed by atoms with Gasteiger partial charge in [0.05, 0.1) is 18.0 Å². The van der Waals surface area contributed by atoms with Crippen LogP contribution in [-0.2, 0) is 11.2 Å². The maximum Gasteiger partial charge on any atom is 0.307 e. The van der Waals surface area contributed by atoms with E-state index in [-0.39, 0.29) is 12.3 Å². The van der Waals surface area contributed by atoms with Gasteiger partial charge in [0.1, 0.15) is 5.84 Å². The summed E-state index contributed by atoms with van der Waals surface area (Å²) in [7, 11) is 0. The van der Waals surface area contributed by atoms with Crippen LogP contribution in [0, 0.1) is 6.92 Å². The van der Waals surface area contributed by atoms with Crippen LogP contribution in [-0.4, -0.2) is 22.8 Å². The van der Waals surface area contributed by atoms with Gasteiger partial charge in [-0.1, -0.05) is 12.1 Å². The van der Waals surface area contributed by atoms with Crippen molar-refractivity contribution in [3.8, 4) is 0 Å². The summed E-state index contributed by atoms with van der Waals surface area (Å²) in [5.74, 6) is -0.399. The number of alkyl halides is 1. The van der Waals surface area contributed by atoms with E-state index in [4.69, 9.17) is 22.4 Å². The molecule has 0 aliphatic heterocycles. The molecule has 0 spiro atoms. The lowest BCUT2D eigenvalue weighted by Gasteiger charge is -2.04. The fraction of sp³-hybridized carbons (Fsp3) is 0.273. The molecular weight excluding hydrogens is 228 g/mol. The number of hydrogen-bond donors (Lipinski definition) is 2. The highest BCUT2D eigenvalue weighted by Gasteiger charge is 2.04. The molecule has 0 aliphatic carbocycles. The van der Waals surface area contributed by atoms with Crippen LogP contribution >= 0.6 is 11.6 Å². The van der Waals surface area contributed by atoms with E-state index < -0.39 is 5.97 Å². The number of aliphatic carboxylic acids is 1. The Morgan fingerprint density at radius 3 is 2.81 bits per heavy atom. The molecule has 86 valence electrons. The van der Waals surface area contributed by atoms with E-state index in [0.29, 0.717) is 17.1 Å². The summed E-state index contributed by atoms with van der Waals surface area (Å²) in [6.07, 6.45) is -0.0242. The van der Waals surface area contributed by atoms with Crippen LogP contribution in [0.2, 0.25) is 0 Å². The summed E-state index contributed by atoms with van der Waals surface area (Å²) in [4.78, 5) is 14.7. The van der Waals surface area contributed by atoms with E-state index in [2.05, 4.69) is 4.99 Å². The first-order chi connectivity index (χ1) is 7.52. The Morgan fingerprint density at radius 1 is 1.56 bits per heavy atom.